The molecule has 0 fully saturated rings. The van der Waals surface area contributed by atoms with Gasteiger partial charge in [-0.3, -0.25) is 0 Å². The molecule has 0 bridgehead atoms. The van der Waals surface area contributed by atoms with Gasteiger partial charge in [0.05, 0.1) is 22.1 Å². The van der Waals surface area contributed by atoms with Gasteiger partial charge < -0.3 is 9.13 Å². The highest BCUT2D eigenvalue weighted by Gasteiger charge is 2.20. The molecule has 6 aromatic carbocycles. The molecule has 2 heterocycles. The normalized spacial score (nSPS) is 12.6. The Morgan fingerprint density at radius 3 is 1.46 bits per heavy atom. The Labute approximate surface area is 271 Å². The SMILES string of the molecule is CC(C)(C)c1ccc(-n2c3ccccc3c3cc(-c4cccc5c6ccccc6n(-c6ccc(C(C)(C)C)cc6)c45)ccc32)cc1. The third kappa shape index (κ3) is 4.47. The second-order valence-electron chi connectivity index (χ2n) is 14.7. The van der Waals surface area contributed by atoms with E-state index in [2.05, 4.69) is 184 Å². The van der Waals surface area contributed by atoms with Crippen LogP contribution in [0.15, 0.2) is 133 Å². The van der Waals surface area contributed by atoms with Crippen molar-refractivity contribution < 1.29 is 0 Å². The van der Waals surface area contributed by atoms with Crippen LogP contribution in [0.25, 0.3) is 66.1 Å². The van der Waals surface area contributed by atoms with Crippen molar-refractivity contribution in [2.24, 2.45) is 0 Å². The van der Waals surface area contributed by atoms with Crippen molar-refractivity contribution >= 4 is 43.6 Å². The van der Waals surface area contributed by atoms with Crippen molar-refractivity contribution in [3.8, 4) is 22.5 Å². The highest BCUT2D eigenvalue weighted by atomic mass is 15.0. The molecule has 0 N–H and O–H groups in total. The van der Waals surface area contributed by atoms with E-state index in [1.807, 2.05) is 0 Å². The molecule has 0 radical (unpaired) electrons. The fourth-order valence-electron chi connectivity index (χ4n) is 7.16. The lowest BCUT2D eigenvalue weighted by atomic mass is 9.87. The standard InChI is InChI=1S/C44H40N2/c1-43(2,3)30-19-23-32(24-20-30)45-39-16-9-8-13-36(39)38-28-29(18-27-41(38)45)34-14-11-15-37-35-12-7-10-17-40(35)46(42(34)37)33-25-21-31(22-26-33)44(4,5)6/h7-28H,1-6H3. The molecule has 226 valence electrons. The first kappa shape index (κ1) is 28.4. The largest absolute Gasteiger partial charge is 0.309 e. The number of aromatic nitrogens is 2. The number of para-hydroxylation sites is 3. The van der Waals surface area contributed by atoms with Crippen LogP contribution < -0.4 is 0 Å². The zero-order valence-corrected chi connectivity index (χ0v) is 27.6. The van der Waals surface area contributed by atoms with Crippen molar-refractivity contribution in [1.29, 1.82) is 0 Å². The van der Waals surface area contributed by atoms with E-state index in [1.165, 1.54) is 77.2 Å². The minimum absolute atomic E-state index is 0.105. The summed E-state index contributed by atoms with van der Waals surface area (Å²) in [6.07, 6.45) is 0. The molecule has 0 aliphatic heterocycles. The highest BCUT2D eigenvalue weighted by molar-refractivity contribution is 6.15. The number of rotatable bonds is 3. The van der Waals surface area contributed by atoms with Gasteiger partial charge in [-0.15, -0.1) is 0 Å². The Hall–Kier alpha value is -5.08. The quantitative estimate of drug-likeness (QED) is 0.192. The number of hydrogen-bond acceptors (Lipinski definition) is 0. The first-order valence-corrected chi connectivity index (χ1v) is 16.4. The second-order valence-corrected chi connectivity index (χ2v) is 14.7. The molecule has 2 heteroatoms. The minimum Gasteiger partial charge on any atom is -0.309 e. The third-order valence-corrected chi connectivity index (χ3v) is 9.66. The predicted octanol–water partition coefficient (Wildman–Crippen LogP) is 12.1. The summed E-state index contributed by atoms with van der Waals surface area (Å²) in [5, 5.41) is 5.08. The van der Waals surface area contributed by atoms with E-state index in [0.717, 1.165) is 0 Å². The summed E-state index contributed by atoms with van der Waals surface area (Å²) in [6, 6.07) is 49.6. The van der Waals surface area contributed by atoms with Crippen LogP contribution in [-0.2, 0) is 10.8 Å². The van der Waals surface area contributed by atoms with E-state index >= 15 is 0 Å². The molecule has 0 saturated carbocycles. The molecular formula is C44H40N2. The number of nitrogens with zero attached hydrogens (tertiary/aromatic N) is 2. The molecule has 0 unspecified atom stereocenters. The average Bonchev–Trinajstić information content (AvgIpc) is 3.57. The van der Waals surface area contributed by atoms with E-state index in [4.69, 9.17) is 0 Å². The van der Waals surface area contributed by atoms with Crippen LogP contribution in [0, 0.1) is 0 Å². The van der Waals surface area contributed by atoms with Gasteiger partial charge >= 0.3 is 0 Å². The molecule has 8 aromatic rings. The highest BCUT2D eigenvalue weighted by Crippen LogP contribution is 2.41. The molecule has 2 nitrogen and oxygen atoms in total. The van der Waals surface area contributed by atoms with Gasteiger partial charge in [-0.2, -0.15) is 0 Å². The van der Waals surface area contributed by atoms with Gasteiger partial charge in [0.1, 0.15) is 0 Å². The molecule has 0 aliphatic carbocycles. The van der Waals surface area contributed by atoms with Crippen molar-refractivity contribution in [1.82, 2.24) is 9.13 Å². The molecule has 0 spiro atoms. The summed E-state index contributed by atoms with van der Waals surface area (Å²) >= 11 is 0. The molecule has 0 saturated heterocycles. The Kier molecular flexibility index (Phi) is 6.31. The number of fused-ring (bicyclic) bond motifs is 6. The van der Waals surface area contributed by atoms with Gasteiger partial charge in [0.25, 0.3) is 0 Å². The topological polar surface area (TPSA) is 9.86 Å². The summed E-state index contributed by atoms with van der Waals surface area (Å²) in [5.74, 6) is 0. The van der Waals surface area contributed by atoms with Gasteiger partial charge in [0, 0.05) is 38.5 Å². The van der Waals surface area contributed by atoms with E-state index in [-0.39, 0.29) is 10.8 Å². The summed E-state index contributed by atoms with van der Waals surface area (Å²) in [7, 11) is 0. The van der Waals surface area contributed by atoms with Crippen molar-refractivity contribution in [2.75, 3.05) is 0 Å². The lowest BCUT2D eigenvalue weighted by Gasteiger charge is -2.20. The zero-order valence-electron chi connectivity index (χ0n) is 27.6. The first-order chi connectivity index (χ1) is 22.1. The number of benzene rings is 6. The van der Waals surface area contributed by atoms with Crippen LogP contribution in [0.5, 0.6) is 0 Å². The predicted molar refractivity (Wildman–Crippen MR) is 198 cm³/mol. The number of hydrogen-bond donors (Lipinski definition) is 0. The van der Waals surface area contributed by atoms with E-state index < -0.39 is 0 Å². The third-order valence-electron chi connectivity index (χ3n) is 9.66. The molecule has 0 amide bonds. The molecule has 0 atom stereocenters. The maximum absolute atomic E-state index is 2.46. The van der Waals surface area contributed by atoms with Crippen LogP contribution >= 0.6 is 0 Å². The average molecular weight is 597 g/mol. The molecular weight excluding hydrogens is 556 g/mol. The summed E-state index contributed by atoms with van der Waals surface area (Å²) in [6.45, 7) is 13.6. The van der Waals surface area contributed by atoms with E-state index in [9.17, 15) is 0 Å². The smallest absolute Gasteiger partial charge is 0.0619 e. The maximum Gasteiger partial charge on any atom is 0.0619 e. The van der Waals surface area contributed by atoms with Gasteiger partial charge in [-0.1, -0.05) is 126 Å². The Morgan fingerprint density at radius 2 is 0.870 bits per heavy atom. The summed E-state index contributed by atoms with van der Waals surface area (Å²) < 4.78 is 4.87. The lowest BCUT2D eigenvalue weighted by Crippen LogP contribution is -2.10. The monoisotopic (exact) mass is 596 g/mol. The second kappa shape index (κ2) is 10.2. The van der Waals surface area contributed by atoms with Crippen molar-refractivity contribution in [2.45, 2.75) is 52.4 Å². The van der Waals surface area contributed by atoms with Crippen LogP contribution in [0.4, 0.5) is 0 Å². The summed E-state index contributed by atoms with van der Waals surface area (Å²) in [4.78, 5) is 0. The van der Waals surface area contributed by atoms with E-state index in [0.29, 0.717) is 0 Å². The summed E-state index contributed by atoms with van der Waals surface area (Å²) in [5.41, 5.74) is 12.7. The van der Waals surface area contributed by atoms with Gasteiger partial charge in [-0.05, 0) is 76.1 Å². The van der Waals surface area contributed by atoms with Crippen molar-refractivity contribution in [3.05, 3.63) is 145 Å². The molecule has 8 rings (SSSR count). The molecule has 0 aliphatic rings. The first-order valence-electron chi connectivity index (χ1n) is 16.4. The maximum atomic E-state index is 2.46. The zero-order chi connectivity index (χ0) is 31.8. The van der Waals surface area contributed by atoms with Gasteiger partial charge in [0.2, 0.25) is 0 Å². The minimum atomic E-state index is 0.105. The molecule has 46 heavy (non-hydrogen) atoms. The van der Waals surface area contributed by atoms with Crippen LogP contribution in [0.2, 0.25) is 0 Å². The Bertz CT molecular complexity index is 2400. The fraction of sp³-hybridized carbons (Fsp3) is 0.182. The Morgan fingerprint density at radius 1 is 0.391 bits per heavy atom. The van der Waals surface area contributed by atoms with Gasteiger partial charge in [-0.25, -0.2) is 0 Å². The van der Waals surface area contributed by atoms with Crippen LogP contribution in [0.1, 0.15) is 52.7 Å². The Balaban J connectivity index is 1.36. The lowest BCUT2D eigenvalue weighted by molar-refractivity contribution is 0.590. The fourth-order valence-corrected chi connectivity index (χ4v) is 7.16. The molecule has 2 aromatic heterocycles. The van der Waals surface area contributed by atoms with Gasteiger partial charge in [0.15, 0.2) is 0 Å². The van der Waals surface area contributed by atoms with Crippen molar-refractivity contribution in [3.63, 3.8) is 0 Å². The van der Waals surface area contributed by atoms with Crippen LogP contribution in [0.3, 0.4) is 0 Å². The van der Waals surface area contributed by atoms with Crippen LogP contribution in [-0.4, -0.2) is 9.13 Å². The van der Waals surface area contributed by atoms with E-state index in [1.54, 1.807) is 0 Å².